The maximum absolute atomic E-state index is 12.6. The number of halogens is 5. The zero-order valence-corrected chi connectivity index (χ0v) is 16.1. The molecule has 1 amide bonds. The summed E-state index contributed by atoms with van der Waals surface area (Å²) < 4.78 is 46.2. The van der Waals surface area contributed by atoms with E-state index in [0.29, 0.717) is 4.85 Å². The lowest BCUT2D eigenvalue weighted by molar-refractivity contribution is -0.669. The largest absolute Gasteiger partial charge is 0.594 e. The number of nitrogens with zero attached hydrogens (tertiary/aromatic N) is 2. The molecule has 0 bridgehead atoms. The van der Waals surface area contributed by atoms with Gasteiger partial charge in [0.25, 0.3) is 5.91 Å². The Hall–Kier alpha value is -3.24. The van der Waals surface area contributed by atoms with Gasteiger partial charge in [-0.1, -0.05) is 28.0 Å². The first-order valence-corrected chi connectivity index (χ1v) is 8.76. The fourth-order valence-electron chi connectivity index (χ4n) is 2.24. The third kappa shape index (κ3) is 5.65. The molecule has 0 saturated heterocycles. The fourth-order valence-corrected chi connectivity index (χ4v) is 2.56. The van der Waals surface area contributed by atoms with Crippen molar-refractivity contribution in [2.45, 2.75) is 6.36 Å². The Bertz CT molecular complexity index is 1060. The van der Waals surface area contributed by atoms with Gasteiger partial charge in [-0.3, -0.25) is 4.79 Å². The highest BCUT2D eigenvalue weighted by Crippen LogP contribution is 2.35. The summed E-state index contributed by atoms with van der Waals surface area (Å²) in [4.78, 5) is 12.9. The molecule has 1 heterocycles. The Kier molecular flexibility index (Phi) is 6.18. The van der Waals surface area contributed by atoms with Gasteiger partial charge in [0.2, 0.25) is 6.20 Å². The second-order valence-electron chi connectivity index (χ2n) is 5.66. The molecule has 12 heteroatoms. The van der Waals surface area contributed by atoms with Crippen molar-refractivity contribution in [1.29, 1.82) is 0 Å². The van der Waals surface area contributed by atoms with Crippen LogP contribution in [0.25, 0.3) is 0 Å². The number of rotatable bonds is 5. The van der Waals surface area contributed by atoms with Crippen molar-refractivity contribution >= 4 is 34.8 Å². The maximum Gasteiger partial charge on any atom is 0.573 e. The molecule has 2 aromatic carbocycles. The molecule has 3 rings (SSSR count). The first kappa shape index (κ1) is 21.5. The highest BCUT2D eigenvalue weighted by Gasteiger charge is 2.31. The SMILES string of the molecule is O=C(Nc1cc[n+]([O-])nc1)c1cc(Cl)c(Cl)cc1Oc1ccc(OC(F)(F)F)cc1. The molecular weight excluding hydrogens is 450 g/mol. The molecule has 0 fully saturated rings. The molecule has 0 radical (unpaired) electrons. The molecule has 0 saturated carbocycles. The lowest BCUT2D eigenvalue weighted by Gasteiger charge is -2.14. The molecule has 1 N–H and O–H groups in total. The minimum absolute atomic E-state index is 0.00540. The van der Waals surface area contributed by atoms with Gasteiger partial charge in [0.15, 0.2) is 0 Å². The average Bonchev–Trinajstić information content (AvgIpc) is 2.66. The Balaban J connectivity index is 1.84. The van der Waals surface area contributed by atoms with E-state index < -0.39 is 18.0 Å². The van der Waals surface area contributed by atoms with Gasteiger partial charge >= 0.3 is 6.36 Å². The number of amides is 1. The standard InChI is InChI=1S/C18H10Cl2F3N3O4/c19-14-7-13(17(27)25-10-5-6-26(28)24-9-10)16(8-15(14)20)29-11-1-3-12(4-2-11)30-18(21,22)23/h1-9H,(H,25,27). The number of hydrogen-bond acceptors (Lipinski definition) is 5. The van der Waals surface area contributed by atoms with Crippen LogP contribution >= 0.6 is 23.2 Å². The Morgan fingerprint density at radius 2 is 1.70 bits per heavy atom. The van der Waals surface area contributed by atoms with Gasteiger partial charge in [-0.15, -0.1) is 13.2 Å². The third-order valence-corrected chi connectivity index (χ3v) is 4.22. The first-order chi connectivity index (χ1) is 14.1. The fraction of sp³-hybridized carbons (Fsp3) is 0.0556. The second kappa shape index (κ2) is 8.64. The zero-order valence-electron chi connectivity index (χ0n) is 14.6. The van der Waals surface area contributed by atoms with E-state index >= 15 is 0 Å². The molecule has 30 heavy (non-hydrogen) atoms. The summed E-state index contributed by atoms with van der Waals surface area (Å²) >= 11 is 12.0. The summed E-state index contributed by atoms with van der Waals surface area (Å²) in [5, 5.41) is 17.1. The first-order valence-electron chi connectivity index (χ1n) is 8.00. The van der Waals surface area contributed by atoms with Crippen molar-refractivity contribution in [1.82, 2.24) is 5.10 Å². The normalized spacial score (nSPS) is 11.1. The summed E-state index contributed by atoms with van der Waals surface area (Å²) in [5.41, 5.74) is 0.219. The van der Waals surface area contributed by atoms with Crippen LogP contribution in [0, 0.1) is 5.21 Å². The number of aromatic nitrogens is 2. The number of benzene rings is 2. The van der Waals surface area contributed by atoms with Crippen molar-refractivity contribution in [2.75, 3.05) is 5.32 Å². The molecule has 156 valence electrons. The highest BCUT2D eigenvalue weighted by molar-refractivity contribution is 6.42. The Morgan fingerprint density at radius 3 is 2.30 bits per heavy atom. The minimum Gasteiger partial charge on any atom is -0.594 e. The van der Waals surface area contributed by atoms with E-state index in [1.54, 1.807) is 0 Å². The predicted molar refractivity (Wildman–Crippen MR) is 101 cm³/mol. The van der Waals surface area contributed by atoms with Crippen LogP contribution in [0.3, 0.4) is 0 Å². The lowest BCUT2D eigenvalue weighted by atomic mass is 10.1. The van der Waals surface area contributed by atoms with Crippen molar-refractivity contribution in [3.8, 4) is 17.2 Å². The molecule has 1 aromatic heterocycles. The Morgan fingerprint density at radius 1 is 1.07 bits per heavy atom. The van der Waals surface area contributed by atoms with Gasteiger partial charge in [0.05, 0.1) is 21.3 Å². The van der Waals surface area contributed by atoms with E-state index in [1.165, 1.54) is 30.3 Å². The minimum atomic E-state index is -4.82. The molecule has 0 aliphatic heterocycles. The summed E-state index contributed by atoms with van der Waals surface area (Å²) in [6.07, 6.45) is -2.59. The second-order valence-corrected chi connectivity index (χ2v) is 6.47. The van der Waals surface area contributed by atoms with E-state index in [1.807, 2.05) is 0 Å². The van der Waals surface area contributed by atoms with Crippen LogP contribution < -0.4 is 19.6 Å². The predicted octanol–water partition coefficient (Wildman–Crippen LogP) is 4.97. The molecule has 0 atom stereocenters. The van der Waals surface area contributed by atoms with Gasteiger partial charge in [0.1, 0.15) is 23.4 Å². The number of nitrogens with one attached hydrogen (secondary N) is 1. The third-order valence-electron chi connectivity index (χ3n) is 3.50. The van der Waals surface area contributed by atoms with Gasteiger partial charge in [0, 0.05) is 17.2 Å². The lowest BCUT2D eigenvalue weighted by Crippen LogP contribution is -2.29. The molecule has 0 aliphatic rings. The smallest absolute Gasteiger partial charge is 0.573 e. The molecule has 7 nitrogen and oxygen atoms in total. The van der Waals surface area contributed by atoms with Crippen LogP contribution in [-0.2, 0) is 0 Å². The van der Waals surface area contributed by atoms with Crippen LogP contribution in [-0.4, -0.2) is 17.4 Å². The van der Waals surface area contributed by atoms with Crippen LogP contribution in [0.1, 0.15) is 10.4 Å². The number of carbonyl (C=O) groups is 1. The van der Waals surface area contributed by atoms with E-state index in [4.69, 9.17) is 27.9 Å². The summed E-state index contributed by atoms with van der Waals surface area (Å²) in [5.74, 6) is -0.972. The van der Waals surface area contributed by atoms with Crippen molar-refractivity contribution in [3.63, 3.8) is 0 Å². The number of carbonyl (C=O) groups excluding carboxylic acids is 1. The van der Waals surface area contributed by atoms with Crippen LogP contribution in [0.2, 0.25) is 10.0 Å². The molecule has 0 spiro atoms. The quantitative estimate of drug-likeness (QED) is 0.430. The average molecular weight is 460 g/mol. The Labute approximate surface area is 177 Å². The summed E-state index contributed by atoms with van der Waals surface area (Å²) in [6, 6.07) is 8.42. The van der Waals surface area contributed by atoms with Crippen molar-refractivity contribution < 1.29 is 32.3 Å². The van der Waals surface area contributed by atoms with Crippen LogP contribution in [0.15, 0.2) is 54.9 Å². The summed E-state index contributed by atoms with van der Waals surface area (Å²) in [6.45, 7) is 0. The van der Waals surface area contributed by atoms with E-state index in [9.17, 15) is 23.2 Å². The molecule has 3 aromatic rings. The number of alkyl halides is 3. The molecule has 0 aliphatic carbocycles. The number of anilines is 1. The van der Waals surface area contributed by atoms with Gasteiger partial charge < -0.3 is 20.0 Å². The van der Waals surface area contributed by atoms with Crippen LogP contribution in [0.4, 0.5) is 18.9 Å². The highest BCUT2D eigenvalue weighted by atomic mass is 35.5. The number of ether oxygens (including phenoxy) is 2. The zero-order chi connectivity index (χ0) is 21.9. The van der Waals surface area contributed by atoms with E-state index in [0.717, 1.165) is 24.5 Å². The van der Waals surface area contributed by atoms with Gasteiger partial charge in [-0.25, -0.2) is 0 Å². The van der Waals surface area contributed by atoms with E-state index in [-0.39, 0.29) is 32.8 Å². The number of hydrogen-bond donors (Lipinski definition) is 1. The van der Waals surface area contributed by atoms with Crippen molar-refractivity contribution in [3.05, 3.63) is 75.7 Å². The molecular formula is C18H10Cl2F3N3O4. The monoisotopic (exact) mass is 459 g/mol. The van der Waals surface area contributed by atoms with Gasteiger partial charge in [-0.05, 0) is 30.3 Å². The summed E-state index contributed by atoms with van der Waals surface area (Å²) in [7, 11) is 0. The van der Waals surface area contributed by atoms with Gasteiger partial charge in [-0.2, -0.15) is 0 Å². The maximum atomic E-state index is 12.6. The topological polar surface area (TPSA) is 87.4 Å². The van der Waals surface area contributed by atoms with Crippen molar-refractivity contribution in [2.24, 2.45) is 0 Å². The molecule has 0 unspecified atom stereocenters. The van der Waals surface area contributed by atoms with E-state index in [2.05, 4.69) is 15.2 Å². The van der Waals surface area contributed by atoms with Crippen LogP contribution in [0.5, 0.6) is 17.2 Å².